The van der Waals surface area contributed by atoms with Crippen LogP contribution in [0.1, 0.15) is 149 Å². The molecule has 3 unspecified atom stereocenters. The number of rotatable bonds is 20. The van der Waals surface area contributed by atoms with Gasteiger partial charge in [-0.2, -0.15) is 0 Å². The molecule has 0 bridgehead atoms. The van der Waals surface area contributed by atoms with Gasteiger partial charge in [-0.05, 0) is 50.9 Å². The Hall–Kier alpha value is -1.06. The number of aliphatic carboxylic acids is 1. The van der Waals surface area contributed by atoms with Crippen LogP contribution in [0.2, 0.25) is 0 Å². The van der Waals surface area contributed by atoms with Crippen molar-refractivity contribution in [3.8, 4) is 0 Å². The van der Waals surface area contributed by atoms with E-state index in [1.54, 1.807) is 0 Å². The third-order valence-electron chi connectivity index (χ3n) is 7.33. The number of carbonyl (C=O) groups is 2. The molecular formula is C29H54O4. The summed E-state index contributed by atoms with van der Waals surface area (Å²) in [7, 11) is 0. The van der Waals surface area contributed by atoms with E-state index in [-0.39, 0.29) is 23.9 Å². The molecule has 194 valence electrons. The molecule has 0 aromatic heterocycles. The number of esters is 1. The topological polar surface area (TPSA) is 63.6 Å². The first-order valence-electron chi connectivity index (χ1n) is 14.4. The number of ether oxygens (including phenoxy) is 1. The van der Waals surface area contributed by atoms with E-state index >= 15 is 0 Å². The van der Waals surface area contributed by atoms with E-state index in [4.69, 9.17) is 4.74 Å². The van der Waals surface area contributed by atoms with Gasteiger partial charge in [0.15, 0.2) is 0 Å². The Bertz CT molecular complexity index is 502. The summed E-state index contributed by atoms with van der Waals surface area (Å²) in [6.45, 7) is 6.84. The van der Waals surface area contributed by atoms with Gasteiger partial charge < -0.3 is 9.84 Å². The Morgan fingerprint density at radius 3 is 1.76 bits per heavy atom. The van der Waals surface area contributed by atoms with Crippen LogP contribution in [0.3, 0.4) is 0 Å². The fourth-order valence-electron chi connectivity index (χ4n) is 5.11. The van der Waals surface area contributed by atoms with E-state index in [1.165, 1.54) is 77.0 Å². The highest BCUT2D eigenvalue weighted by molar-refractivity contribution is 5.75. The Morgan fingerprint density at radius 2 is 1.24 bits per heavy atom. The molecule has 1 aliphatic rings. The highest BCUT2D eigenvalue weighted by Crippen LogP contribution is 2.31. The molecular weight excluding hydrogens is 412 g/mol. The third-order valence-corrected chi connectivity index (χ3v) is 7.33. The molecule has 4 heteroatoms. The van der Waals surface area contributed by atoms with Gasteiger partial charge in [-0.15, -0.1) is 0 Å². The van der Waals surface area contributed by atoms with Crippen LogP contribution in [0.15, 0.2) is 0 Å². The van der Waals surface area contributed by atoms with Crippen LogP contribution in [0.4, 0.5) is 0 Å². The van der Waals surface area contributed by atoms with Crippen LogP contribution < -0.4 is 0 Å². The second-order valence-corrected chi connectivity index (χ2v) is 11.0. The standard InChI is InChI=1S/C29H54O4/c1-4-5-6-7-12-15-21-27(22-16-13-10-8-9-11-14-18-24(2)3)33-29(32)26-20-17-19-25(23-26)28(30)31/h24-27H,4-23H2,1-3H3,(H,30,31). The zero-order chi connectivity index (χ0) is 24.3. The van der Waals surface area contributed by atoms with Crippen molar-refractivity contribution in [1.29, 1.82) is 0 Å². The summed E-state index contributed by atoms with van der Waals surface area (Å²) < 4.78 is 6.00. The lowest BCUT2D eigenvalue weighted by Crippen LogP contribution is -2.31. The van der Waals surface area contributed by atoms with Crippen LogP contribution in [0.5, 0.6) is 0 Å². The molecule has 3 atom stereocenters. The number of hydrogen-bond donors (Lipinski definition) is 1. The van der Waals surface area contributed by atoms with Crippen molar-refractivity contribution in [3.63, 3.8) is 0 Å². The molecule has 0 radical (unpaired) electrons. The maximum absolute atomic E-state index is 12.8. The second-order valence-electron chi connectivity index (χ2n) is 11.0. The van der Waals surface area contributed by atoms with Crippen molar-refractivity contribution in [2.24, 2.45) is 17.8 Å². The van der Waals surface area contributed by atoms with E-state index in [1.807, 2.05) is 0 Å². The Morgan fingerprint density at radius 1 is 0.758 bits per heavy atom. The third kappa shape index (κ3) is 15.5. The molecule has 0 spiro atoms. The van der Waals surface area contributed by atoms with Crippen molar-refractivity contribution < 1.29 is 19.4 Å². The summed E-state index contributed by atoms with van der Waals surface area (Å²) in [6.07, 6.45) is 22.5. The second kappa shape index (κ2) is 19.3. The minimum Gasteiger partial charge on any atom is -0.481 e. The molecule has 1 aliphatic carbocycles. The quantitative estimate of drug-likeness (QED) is 0.144. The van der Waals surface area contributed by atoms with Crippen molar-refractivity contribution >= 4 is 11.9 Å². The Labute approximate surface area is 204 Å². The fraction of sp³-hybridized carbons (Fsp3) is 0.931. The summed E-state index contributed by atoms with van der Waals surface area (Å²) in [5.41, 5.74) is 0. The first-order valence-corrected chi connectivity index (χ1v) is 14.4. The molecule has 33 heavy (non-hydrogen) atoms. The molecule has 1 fully saturated rings. The molecule has 0 amide bonds. The highest BCUT2D eigenvalue weighted by atomic mass is 16.5. The number of hydrogen-bond acceptors (Lipinski definition) is 3. The van der Waals surface area contributed by atoms with E-state index in [0.717, 1.165) is 44.4 Å². The lowest BCUT2D eigenvalue weighted by atomic mass is 9.81. The molecule has 0 aliphatic heterocycles. The van der Waals surface area contributed by atoms with Gasteiger partial charge in [0.25, 0.3) is 0 Å². The van der Waals surface area contributed by atoms with E-state index in [2.05, 4.69) is 20.8 Å². The lowest BCUT2D eigenvalue weighted by Gasteiger charge is -2.27. The number of unbranched alkanes of at least 4 members (excludes halogenated alkanes) is 11. The Kier molecular flexibility index (Phi) is 17.5. The van der Waals surface area contributed by atoms with Gasteiger partial charge in [0, 0.05) is 0 Å². The van der Waals surface area contributed by atoms with Crippen LogP contribution in [-0.4, -0.2) is 23.1 Å². The van der Waals surface area contributed by atoms with E-state index in [0.29, 0.717) is 12.8 Å². The first-order chi connectivity index (χ1) is 15.9. The molecule has 1 N–H and O–H groups in total. The number of carboxylic acid groups (broad SMARTS) is 1. The minimum atomic E-state index is -0.764. The van der Waals surface area contributed by atoms with Gasteiger partial charge in [-0.1, -0.05) is 104 Å². The SMILES string of the molecule is CCCCCCCCC(CCCCCCCCCC(C)C)OC(=O)C1CCCC(C(=O)O)C1. The summed E-state index contributed by atoms with van der Waals surface area (Å²) in [5, 5.41) is 9.33. The lowest BCUT2D eigenvalue weighted by molar-refractivity contribution is -0.158. The monoisotopic (exact) mass is 466 g/mol. The molecule has 0 heterocycles. The zero-order valence-corrected chi connectivity index (χ0v) is 22.1. The normalized spacial score (nSPS) is 19.5. The Balaban J connectivity index is 2.34. The smallest absolute Gasteiger partial charge is 0.309 e. The summed E-state index contributed by atoms with van der Waals surface area (Å²) in [4.78, 5) is 24.2. The van der Waals surface area contributed by atoms with Crippen LogP contribution in [-0.2, 0) is 14.3 Å². The molecule has 0 saturated heterocycles. The van der Waals surface area contributed by atoms with Crippen LogP contribution in [0, 0.1) is 17.8 Å². The molecule has 0 aromatic rings. The van der Waals surface area contributed by atoms with E-state index < -0.39 is 5.97 Å². The fourth-order valence-corrected chi connectivity index (χ4v) is 5.11. The van der Waals surface area contributed by atoms with E-state index in [9.17, 15) is 14.7 Å². The highest BCUT2D eigenvalue weighted by Gasteiger charge is 2.32. The summed E-state index contributed by atoms with van der Waals surface area (Å²) in [5.74, 6) is -0.686. The van der Waals surface area contributed by atoms with Crippen LogP contribution >= 0.6 is 0 Å². The predicted molar refractivity (Wildman–Crippen MR) is 137 cm³/mol. The van der Waals surface area contributed by atoms with Gasteiger partial charge in [0.2, 0.25) is 0 Å². The molecule has 1 rings (SSSR count). The van der Waals surface area contributed by atoms with Crippen molar-refractivity contribution in [2.45, 2.75) is 155 Å². The van der Waals surface area contributed by atoms with Gasteiger partial charge in [0.1, 0.15) is 6.10 Å². The zero-order valence-electron chi connectivity index (χ0n) is 22.1. The minimum absolute atomic E-state index is 0.0138. The average molecular weight is 467 g/mol. The molecule has 1 saturated carbocycles. The summed E-state index contributed by atoms with van der Waals surface area (Å²) in [6, 6.07) is 0. The van der Waals surface area contributed by atoms with Crippen LogP contribution in [0.25, 0.3) is 0 Å². The van der Waals surface area contributed by atoms with Gasteiger partial charge in [0.05, 0.1) is 11.8 Å². The summed E-state index contributed by atoms with van der Waals surface area (Å²) >= 11 is 0. The van der Waals surface area contributed by atoms with Crippen molar-refractivity contribution in [2.75, 3.05) is 0 Å². The number of carboxylic acids is 1. The largest absolute Gasteiger partial charge is 0.481 e. The average Bonchev–Trinajstić information content (AvgIpc) is 2.79. The maximum atomic E-state index is 12.8. The predicted octanol–water partition coefficient (Wildman–Crippen LogP) is 8.71. The van der Waals surface area contributed by atoms with Crippen molar-refractivity contribution in [1.82, 2.24) is 0 Å². The molecule has 4 nitrogen and oxygen atoms in total. The van der Waals surface area contributed by atoms with Gasteiger partial charge in [-0.25, -0.2) is 0 Å². The van der Waals surface area contributed by atoms with Gasteiger partial charge in [-0.3, -0.25) is 9.59 Å². The number of carbonyl (C=O) groups excluding carboxylic acids is 1. The van der Waals surface area contributed by atoms with Gasteiger partial charge >= 0.3 is 11.9 Å². The molecule has 0 aromatic carbocycles. The van der Waals surface area contributed by atoms with Crippen molar-refractivity contribution in [3.05, 3.63) is 0 Å². The first kappa shape index (κ1) is 30.0. The maximum Gasteiger partial charge on any atom is 0.309 e.